The smallest absolute Gasteiger partial charge is 0.0524 e. The fraction of sp³-hybridized carbons (Fsp3) is 1.00. The first kappa shape index (κ1) is 12.9. The molecule has 0 bridgehead atoms. The van der Waals surface area contributed by atoms with Crippen LogP contribution in [0, 0.1) is 5.92 Å². The zero-order valence-corrected chi connectivity index (χ0v) is 9.51. The molecule has 0 saturated carbocycles. The Labute approximate surface area is 82.7 Å². The lowest BCUT2D eigenvalue weighted by atomic mass is 10.0. The highest BCUT2D eigenvalue weighted by Gasteiger charge is 2.03. The summed E-state index contributed by atoms with van der Waals surface area (Å²) in [5.74, 6) is 0.793. The maximum Gasteiger partial charge on any atom is 0.0524 e. The zero-order chi connectivity index (χ0) is 10.3. The minimum absolute atomic E-state index is 0.176. The van der Waals surface area contributed by atoms with E-state index in [-0.39, 0.29) is 6.10 Å². The van der Waals surface area contributed by atoms with Crippen LogP contribution >= 0.6 is 0 Å². The molecule has 2 nitrogen and oxygen atoms in total. The van der Waals surface area contributed by atoms with Crippen LogP contribution in [0.3, 0.4) is 0 Å². The second kappa shape index (κ2) is 7.34. The molecule has 2 heteroatoms. The Morgan fingerprint density at radius 2 is 1.62 bits per heavy atom. The Balaban J connectivity index is 3.25. The molecule has 0 aliphatic rings. The van der Waals surface area contributed by atoms with Crippen molar-refractivity contribution in [2.24, 2.45) is 5.92 Å². The predicted octanol–water partition coefficient (Wildman–Crippen LogP) is 2.17. The van der Waals surface area contributed by atoms with Gasteiger partial charge < -0.3 is 10.4 Å². The van der Waals surface area contributed by atoms with Crippen LogP contribution in [0.15, 0.2) is 0 Å². The number of aliphatic hydroxyl groups is 1. The van der Waals surface area contributed by atoms with Crippen molar-refractivity contribution >= 4 is 0 Å². The van der Waals surface area contributed by atoms with Crippen LogP contribution < -0.4 is 5.32 Å². The van der Waals surface area contributed by atoms with Gasteiger partial charge in [0.25, 0.3) is 0 Å². The number of rotatable bonds is 7. The van der Waals surface area contributed by atoms with Gasteiger partial charge in [-0.15, -0.1) is 0 Å². The van der Waals surface area contributed by atoms with Crippen molar-refractivity contribution in [2.45, 2.75) is 59.1 Å². The predicted molar refractivity (Wildman–Crippen MR) is 57.8 cm³/mol. The average Bonchev–Trinajstić information content (AvgIpc) is 2.00. The van der Waals surface area contributed by atoms with Crippen LogP contribution in [-0.4, -0.2) is 23.8 Å². The van der Waals surface area contributed by atoms with E-state index in [1.807, 2.05) is 6.92 Å². The van der Waals surface area contributed by atoms with Crippen molar-refractivity contribution in [3.8, 4) is 0 Å². The van der Waals surface area contributed by atoms with Gasteiger partial charge in [-0.3, -0.25) is 0 Å². The Morgan fingerprint density at radius 1 is 1.00 bits per heavy atom. The van der Waals surface area contributed by atoms with E-state index in [1.165, 1.54) is 12.8 Å². The molecule has 0 heterocycles. The van der Waals surface area contributed by atoms with E-state index in [0.29, 0.717) is 6.04 Å². The molecule has 2 unspecified atom stereocenters. The summed E-state index contributed by atoms with van der Waals surface area (Å²) in [5.41, 5.74) is 0. The topological polar surface area (TPSA) is 32.3 Å². The second-order valence-corrected chi connectivity index (χ2v) is 4.46. The molecular weight excluding hydrogens is 162 g/mol. The van der Waals surface area contributed by atoms with Gasteiger partial charge in [0.1, 0.15) is 0 Å². The fourth-order valence-electron chi connectivity index (χ4n) is 1.22. The molecule has 0 aromatic rings. The maximum atomic E-state index is 9.04. The van der Waals surface area contributed by atoms with Gasteiger partial charge in [0.15, 0.2) is 0 Å². The lowest BCUT2D eigenvalue weighted by Gasteiger charge is -2.15. The third-order valence-electron chi connectivity index (χ3n) is 2.23. The molecule has 2 atom stereocenters. The van der Waals surface area contributed by atoms with E-state index in [9.17, 15) is 0 Å². The van der Waals surface area contributed by atoms with Crippen LogP contribution in [0.2, 0.25) is 0 Å². The average molecular weight is 187 g/mol. The highest BCUT2D eigenvalue weighted by atomic mass is 16.3. The molecule has 2 N–H and O–H groups in total. The molecule has 0 rings (SSSR count). The molecule has 0 aliphatic carbocycles. The number of hydrogen-bond donors (Lipinski definition) is 2. The summed E-state index contributed by atoms with van der Waals surface area (Å²) >= 11 is 0. The van der Waals surface area contributed by atoms with Crippen molar-refractivity contribution in [3.63, 3.8) is 0 Å². The van der Waals surface area contributed by atoms with Gasteiger partial charge in [0, 0.05) is 6.04 Å². The van der Waals surface area contributed by atoms with E-state index in [2.05, 4.69) is 26.1 Å². The first-order valence-electron chi connectivity index (χ1n) is 5.43. The van der Waals surface area contributed by atoms with Crippen molar-refractivity contribution in [1.29, 1.82) is 0 Å². The summed E-state index contributed by atoms with van der Waals surface area (Å²) in [6, 6.07) is 0.584. The van der Waals surface area contributed by atoms with Gasteiger partial charge in [-0.25, -0.2) is 0 Å². The van der Waals surface area contributed by atoms with E-state index in [0.717, 1.165) is 18.9 Å². The monoisotopic (exact) mass is 187 g/mol. The van der Waals surface area contributed by atoms with Crippen molar-refractivity contribution in [2.75, 3.05) is 6.54 Å². The summed E-state index contributed by atoms with van der Waals surface area (Å²) in [5, 5.41) is 12.5. The molecule has 0 amide bonds. The van der Waals surface area contributed by atoms with Gasteiger partial charge in [-0.1, -0.05) is 13.8 Å². The van der Waals surface area contributed by atoms with E-state index < -0.39 is 0 Å². The lowest BCUT2D eigenvalue weighted by molar-refractivity contribution is 0.182. The molecule has 0 fully saturated rings. The van der Waals surface area contributed by atoms with Crippen LogP contribution in [0.4, 0.5) is 0 Å². The van der Waals surface area contributed by atoms with Crippen LogP contribution in [0.25, 0.3) is 0 Å². The maximum absolute atomic E-state index is 9.04. The van der Waals surface area contributed by atoms with E-state index >= 15 is 0 Å². The van der Waals surface area contributed by atoms with Gasteiger partial charge in [0.05, 0.1) is 6.10 Å². The summed E-state index contributed by atoms with van der Waals surface area (Å²) in [7, 11) is 0. The van der Waals surface area contributed by atoms with Gasteiger partial charge in [-0.2, -0.15) is 0 Å². The minimum Gasteiger partial charge on any atom is -0.393 e. The minimum atomic E-state index is -0.176. The Bertz CT molecular complexity index is 113. The van der Waals surface area contributed by atoms with Crippen molar-refractivity contribution in [3.05, 3.63) is 0 Å². The zero-order valence-electron chi connectivity index (χ0n) is 9.51. The Morgan fingerprint density at radius 3 is 2.08 bits per heavy atom. The summed E-state index contributed by atoms with van der Waals surface area (Å²) in [6.07, 6.45) is 3.19. The molecule has 0 spiro atoms. The third-order valence-corrected chi connectivity index (χ3v) is 2.23. The molecule has 13 heavy (non-hydrogen) atoms. The van der Waals surface area contributed by atoms with Crippen LogP contribution in [0.5, 0.6) is 0 Å². The Kier molecular flexibility index (Phi) is 7.29. The van der Waals surface area contributed by atoms with E-state index in [1.54, 1.807) is 0 Å². The lowest BCUT2D eigenvalue weighted by Crippen LogP contribution is -2.28. The molecule has 80 valence electrons. The van der Waals surface area contributed by atoms with Crippen molar-refractivity contribution < 1.29 is 5.11 Å². The highest BCUT2D eigenvalue weighted by Crippen LogP contribution is 2.06. The fourth-order valence-corrected chi connectivity index (χ4v) is 1.22. The van der Waals surface area contributed by atoms with Gasteiger partial charge in [0.2, 0.25) is 0 Å². The number of nitrogens with one attached hydrogen (secondary N) is 1. The normalized spacial score (nSPS) is 16.2. The molecule has 0 radical (unpaired) electrons. The van der Waals surface area contributed by atoms with Crippen LogP contribution in [-0.2, 0) is 0 Å². The third kappa shape index (κ3) is 9.84. The summed E-state index contributed by atoms with van der Waals surface area (Å²) < 4.78 is 0. The molecule has 0 aromatic heterocycles. The SMILES string of the molecule is CC(C)CCC(C)NCCC(C)O. The standard InChI is InChI=1S/C11H25NO/c1-9(2)5-6-10(3)12-8-7-11(4)13/h9-13H,5-8H2,1-4H3. The van der Waals surface area contributed by atoms with Gasteiger partial charge >= 0.3 is 0 Å². The molecule has 0 aromatic carbocycles. The van der Waals surface area contributed by atoms with Crippen LogP contribution in [0.1, 0.15) is 47.0 Å². The number of hydrogen-bond acceptors (Lipinski definition) is 2. The van der Waals surface area contributed by atoms with E-state index in [4.69, 9.17) is 5.11 Å². The second-order valence-electron chi connectivity index (χ2n) is 4.46. The number of aliphatic hydroxyl groups excluding tert-OH is 1. The molecular formula is C11H25NO. The molecule has 0 saturated heterocycles. The van der Waals surface area contributed by atoms with Gasteiger partial charge in [-0.05, 0) is 45.6 Å². The Hall–Kier alpha value is -0.0800. The highest BCUT2D eigenvalue weighted by molar-refractivity contribution is 4.62. The largest absolute Gasteiger partial charge is 0.393 e. The first-order valence-corrected chi connectivity index (χ1v) is 5.43. The summed E-state index contributed by atoms with van der Waals surface area (Å²) in [6.45, 7) is 9.48. The quantitative estimate of drug-likeness (QED) is 0.640. The molecule has 0 aliphatic heterocycles. The van der Waals surface area contributed by atoms with Crippen molar-refractivity contribution in [1.82, 2.24) is 5.32 Å². The first-order chi connectivity index (χ1) is 6.02. The summed E-state index contributed by atoms with van der Waals surface area (Å²) in [4.78, 5) is 0.